The highest BCUT2D eigenvalue weighted by Crippen LogP contribution is 2.28. The Kier molecular flexibility index (Phi) is 4.92. The molecule has 4 nitrogen and oxygen atoms in total. The number of nitriles is 1. The Labute approximate surface area is 124 Å². The predicted octanol–water partition coefficient (Wildman–Crippen LogP) is 2.43. The number of nitrogens with zero attached hydrogens (tertiary/aromatic N) is 1. The fraction of sp³-hybridized carbons (Fsp3) is 0.533. The molecule has 5 heteroatoms. The largest absolute Gasteiger partial charge is 0.489 e. The molecule has 0 aliphatic carbocycles. The molecule has 2 rings (SSSR count). The number of ether oxygens (including phenoxy) is 2. The number of morpholine rings is 1. The molecule has 1 fully saturated rings. The number of rotatable bonds is 4. The summed E-state index contributed by atoms with van der Waals surface area (Å²) in [6, 6.07) is 7.89. The van der Waals surface area contributed by atoms with Gasteiger partial charge in [0.05, 0.1) is 5.60 Å². The number of hydrogen-bond acceptors (Lipinski definition) is 5. The molecule has 1 aliphatic rings. The van der Waals surface area contributed by atoms with Crippen LogP contribution in [0.15, 0.2) is 23.1 Å². The van der Waals surface area contributed by atoms with Gasteiger partial charge in [0.1, 0.15) is 30.1 Å². The molecule has 1 aromatic rings. The maximum Gasteiger partial charge on any atom is 0.138 e. The van der Waals surface area contributed by atoms with Crippen LogP contribution in [0.5, 0.6) is 5.75 Å². The maximum absolute atomic E-state index is 9.26. The van der Waals surface area contributed by atoms with E-state index in [0.717, 1.165) is 18.0 Å². The summed E-state index contributed by atoms with van der Waals surface area (Å²) < 4.78 is 11.8. The van der Waals surface area contributed by atoms with Crippen LogP contribution in [0.3, 0.4) is 0 Å². The van der Waals surface area contributed by atoms with Crippen LogP contribution in [-0.2, 0) is 4.74 Å². The van der Waals surface area contributed by atoms with Gasteiger partial charge < -0.3 is 14.8 Å². The second-order valence-electron chi connectivity index (χ2n) is 5.39. The molecular formula is C15H20N2O2S. The van der Waals surface area contributed by atoms with Crippen molar-refractivity contribution in [3.05, 3.63) is 23.8 Å². The monoisotopic (exact) mass is 292 g/mol. The quantitative estimate of drug-likeness (QED) is 0.864. The summed E-state index contributed by atoms with van der Waals surface area (Å²) in [6.07, 6.45) is 1.96. The Bertz CT molecular complexity index is 511. The van der Waals surface area contributed by atoms with Crippen molar-refractivity contribution in [2.45, 2.75) is 30.4 Å². The Morgan fingerprint density at radius 3 is 3.00 bits per heavy atom. The van der Waals surface area contributed by atoms with Gasteiger partial charge in [-0.1, -0.05) is 6.07 Å². The number of benzene rings is 1. The molecule has 0 amide bonds. The molecule has 0 radical (unpaired) electrons. The normalized spacial score (nSPS) is 21.2. The zero-order chi connectivity index (χ0) is 14.6. The topological polar surface area (TPSA) is 54.3 Å². The molecule has 0 aromatic heterocycles. The van der Waals surface area contributed by atoms with Gasteiger partial charge in [-0.15, -0.1) is 11.8 Å². The smallest absolute Gasteiger partial charge is 0.138 e. The summed E-state index contributed by atoms with van der Waals surface area (Å²) in [7, 11) is 0. The van der Waals surface area contributed by atoms with E-state index >= 15 is 0 Å². The van der Waals surface area contributed by atoms with E-state index in [9.17, 15) is 5.26 Å². The SMILES string of the molecule is CSc1cccc(OCC2CNCC(C)(C)O2)c1C#N. The van der Waals surface area contributed by atoms with Gasteiger partial charge in [-0.05, 0) is 32.2 Å². The van der Waals surface area contributed by atoms with E-state index in [-0.39, 0.29) is 11.7 Å². The van der Waals surface area contributed by atoms with E-state index in [1.807, 2.05) is 24.5 Å². The molecule has 1 saturated heterocycles. The first-order valence-electron chi connectivity index (χ1n) is 6.64. The van der Waals surface area contributed by atoms with Crippen molar-refractivity contribution in [3.63, 3.8) is 0 Å². The summed E-state index contributed by atoms with van der Waals surface area (Å²) in [5.74, 6) is 0.631. The highest BCUT2D eigenvalue weighted by molar-refractivity contribution is 7.98. The molecule has 1 unspecified atom stereocenters. The van der Waals surface area contributed by atoms with E-state index in [1.54, 1.807) is 11.8 Å². The fourth-order valence-corrected chi connectivity index (χ4v) is 2.82. The molecule has 1 aliphatic heterocycles. The average molecular weight is 292 g/mol. The van der Waals surface area contributed by atoms with E-state index < -0.39 is 0 Å². The standard InChI is InChI=1S/C15H20N2O2S/c1-15(2)10-17-8-11(19-15)9-18-13-5-4-6-14(20-3)12(13)7-16/h4-6,11,17H,8-10H2,1-3H3. The van der Waals surface area contributed by atoms with Crippen LogP contribution in [0.1, 0.15) is 19.4 Å². The first kappa shape index (κ1) is 15.2. The van der Waals surface area contributed by atoms with Gasteiger partial charge in [-0.3, -0.25) is 0 Å². The summed E-state index contributed by atoms with van der Waals surface area (Å²) in [5, 5.41) is 12.6. The third-order valence-corrected chi connectivity index (χ3v) is 3.93. The molecule has 0 saturated carbocycles. The first-order valence-corrected chi connectivity index (χ1v) is 7.86. The van der Waals surface area contributed by atoms with Gasteiger partial charge in [0.25, 0.3) is 0 Å². The van der Waals surface area contributed by atoms with Gasteiger partial charge >= 0.3 is 0 Å². The van der Waals surface area contributed by atoms with Crippen LogP contribution in [0.2, 0.25) is 0 Å². The van der Waals surface area contributed by atoms with Crippen LogP contribution in [0, 0.1) is 11.3 Å². The summed E-state index contributed by atoms with van der Waals surface area (Å²) in [4.78, 5) is 0.938. The molecule has 1 atom stereocenters. The molecule has 1 heterocycles. The van der Waals surface area contributed by atoms with Crippen molar-refractivity contribution in [1.82, 2.24) is 5.32 Å². The lowest BCUT2D eigenvalue weighted by Gasteiger charge is -2.36. The molecule has 20 heavy (non-hydrogen) atoms. The fourth-order valence-electron chi connectivity index (χ4n) is 2.26. The Hall–Kier alpha value is -1.22. The van der Waals surface area contributed by atoms with Gasteiger partial charge in [0.2, 0.25) is 0 Å². The lowest BCUT2D eigenvalue weighted by molar-refractivity contribution is -0.107. The Morgan fingerprint density at radius 1 is 1.55 bits per heavy atom. The van der Waals surface area contributed by atoms with Gasteiger partial charge in [-0.25, -0.2) is 0 Å². The van der Waals surface area contributed by atoms with Crippen LogP contribution in [0.4, 0.5) is 0 Å². The number of thioether (sulfide) groups is 1. The number of nitrogens with one attached hydrogen (secondary N) is 1. The minimum absolute atomic E-state index is 0.00299. The van der Waals surface area contributed by atoms with Crippen molar-refractivity contribution in [3.8, 4) is 11.8 Å². The predicted molar refractivity (Wildman–Crippen MR) is 80.3 cm³/mol. The van der Waals surface area contributed by atoms with E-state index in [1.165, 1.54) is 0 Å². The summed E-state index contributed by atoms with van der Waals surface area (Å²) in [5.41, 5.74) is 0.425. The highest BCUT2D eigenvalue weighted by atomic mass is 32.2. The van der Waals surface area contributed by atoms with E-state index in [4.69, 9.17) is 9.47 Å². The Balaban J connectivity index is 2.03. The lowest BCUT2D eigenvalue weighted by atomic mass is 10.1. The van der Waals surface area contributed by atoms with Crippen LogP contribution in [0.25, 0.3) is 0 Å². The molecular weight excluding hydrogens is 272 g/mol. The molecule has 0 bridgehead atoms. The van der Waals surface area contributed by atoms with Crippen molar-refractivity contribution in [2.24, 2.45) is 0 Å². The van der Waals surface area contributed by atoms with Gasteiger partial charge in [0, 0.05) is 18.0 Å². The highest BCUT2D eigenvalue weighted by Gasteiger charge is 2.28. The second kappa shape index (κ2) is 6.49. The third-order valence-electron chi connectivity index (χ3n) is 3.15. The summed E-state index contributed by atoms with van der Waals surface area (Å²) in [6.45, 7) is 6.17. The minimum atomic E-state index is -0.175. The third kappa shape index (κ3) is 3.66. The number of hydrogen-bond donors (Lipinski definition) is 1. The zero-order valence-corrected chi connectivity index (χ0v) is 12.9. The van der Waals surface area contributed by atoms with Crippen molar-refractivity contribution >= 4 is 11.8 Å². The lowest BCUT2D eigenvalue weighted by Crippen LogP contribution is -2.52. The zero-order valence-electron chi connectivity index (χ0n) is 12.1. The molecule has 1 N–H and O–H groups in total. The van der Waals surface area contributed by atoms with Crippen molar-refractivity contribution < 1.29 is 9.47 Å². The van der Waals surface area contributed by atoms with Crippen LogP contribution < -0.4 is 10.1 Å². The van der Waals surface area contributed by atoms with Crippen LogP contribution >= 0.6 is 11.8 Å². The minimum Gasteiger partial charge on any atom is -0.489 e. The van der Waals surface area contributed by atoms with Crippen LogP contribution in [-0.4, -0.2) is 37.7 Å². The second-order valence-corrected chi connectivity index (χ2v) is 6.23. The molecule has 1 aromatic carbocycles. The average Bonchev–Trinajstić information content (AvgIpc) is 2.43. The van der Waals surface area contributed by atoms with Crippen molar-refractivity contribution in [1.29, 1.82) is 5.26 Å². The van der Waals surface area contributed by atoms with E-state index in [0.29, 0.717) is 17.9 Å². The molecule has 0 spiro atoms. The maximum atomic E-state index is 9.26. The van der Waals surface area contributed by atoms with E-state index in [2.05, 4.69) is 25.2 Å². The first-order chi connectivity index (χ1) is 9.55. The molecule has 108 valence electrons. The van der Waals surface area contributed by atoms with Gasteiger partial charge in [0.15, 0.2) is 0 Å². The summed E-state index contributed by atoms with van der Waals surface area (Å²) >= 11 is 1.55. The van der Waals surface area contributed by atoms with Gasteiger partial charge in [-0.2, -0.15) is 5.26 Å². The van der Waals surface area contributed by atoms with Crippen molar-refractivity contribution in [2.75, 3.05) is 26.0 Å². The Morgan fingerprint density at radius 2 is 2.35 bits per heavy atom.